The van der Waals surface area contributed by atoms with E-state index in [1.165, 1.54) is 6.07 Å². The lowest BCUT2D eigenvalue weighted by Crippen LogP contribution is -2.23. The number of anilines is 1. The normalized spacial score (nSPS) is 12.0. The second-order valence-electron chi connectivity index (χ2n) is 5.65. The van der Waals surface area contributed by atoms with Crippen molar-refractivity contribution in [2.45, 2.75) is 24.9 Å². The van der Waals surface area contributed by atoms with E-state index in [2.05, 4.69) is 5.32 Å². The summed E-state index contributed by atoms with van der Waals surface area (Å²) in [5, 5.41) is 2.29. The zero-order chi connectivity index (χ0) is 18.8. The number of benzene rings is 2. The molecule has 0 spiro atoms. The van der Waals surface area contributed by atoms with Crippen LogP contribution in [-0.4, -0.2) is 20.1 Å². The second kappa shape index (κ2) is 6.87. The van der Waals surface area contributed by atoms with E-state index in [4.69, 9.17) is 0 Å². The van der Waals surface area contributed by atoms with Gasteiger partial charge in [-0.3, -0.25) is 4.79 Å². The molecule has 134 valence electrons. The van der Waals surface area contributed by atoms with Gasteiger partial charge in [0.05, 0.1) is 10.5 Å². The fourth-order valence-electron chi connectivity index (χ4n) is 2.34. The topological polar surface area (TPSA) is 63.2 Å². The largest absolute Gasteiger partial charge is 0.416 e. The van der Waals surface area contributed by atoms with Crippen molar-refractivity contribution in [3.63, 3.8) is 0 Å². The molecular formula is C17H16F3NO3S. The molecule has 2 aromatic rings. The van der Waals surface area contributed by atoms with Gasteiger partial charge in [-0.25, -0.2) is 8.42 Å². The Bertz CT molecular complexity index is 888. The van der Waals surface area contributed by atoms with E-state index in [9.17, 15) is 26.4 Å². The number of aryl methyl sites for hydroxylation is 2. The number of carbonyl (C=O) groups excluding carboxylic acids is 1. The average Bonchev–Trinajstić information content (AvgIpc) is 2.45. The van der Waals surface area contributed by atoms with E-state index < -0.39 is 33.2 Å². The van der Waals surface area contributed by atoms with Crippen LogP contribution in [0.4, 0.5) is 18.9 Å². The van der Waals surface area contributed by atoms with Gasteiger partial charge in [-0.1, -0.05) is 17.7 Å². The standard InChI is InChI=1S/C17H16F3NO3S/c1-11-3-8-15(12(2)9-11)25(23,24)10-16(22)21-14-6-4-13(5-7-14)17(18,19)20/h3-9H,10H2,1-2H3,(H,21,22). The highest BCUT2D eigenvalue weighted by atomic mass is 32.2. The van der Waals surface area contributed by atoms with Gasteiger partial charge in [0.25, 0.3) is 0 Å². The molecule has 0 saturated heterocycles. The molecular weight excluding hydrogens is 355 g/mol. The Morgan fingerprint density at radius 1 is 1.04 bits per heavy atom. The molecule has 0 fully saturated rings. The average molecular weight is 371 g/mol. The van der Waals surface area contributed by atoms with Crippen LogP contribution >= 0.6 is 0 Å². The third-order valence-electron chi connectivity index (χ3n) is 3.48. The van der Waals surface area contributed by atoms with Crippen molar-refractivity contribution in [2.75, 3.05) is 11.1 Å². The zero-order valence-corrected chi connectivity index (χ0v) is 14.3. The molecule has 0 aliphatic heterocycles. The maximum absolute atomic E-state index is 12.5. The first-order valence-electron chi connectivity index (χ1n) is 7.26. The Balaban J connectivity index is 2.11. The molecule has 0 heterocycles. The number of hydrogen-bond acceptors (Lipinski definition) is 3. The molecule has 0 aliphatic carbocycles. The summed E-state index contributed by atoms with van der Waals surface area (Å²) in [6.07, 6.45) is -4.48. The van der Waals surface area contributed by atoms with Gasteiger partial charge in [0, 0.05) is 5.69 Å². The van der Waals surface area contributed by atoms with E-state index in [-0.39, 0.29) is 10.6 Å². The van der Waals surface area contributed by atoms with Crippen LogP contribution < -0.4 is 5.32 Å². The first-order valence-corrected chi connectivity index (χ1v) is 8.91. The maximum atomic E-state index is 12.5. The van der Waals surface area contributed by atoms with Gasteiger partial charge < -0.3 is 5.32 Å². The minimum Gasteiger partial charge on any atom is -0.325 e. The van der Waals surface area contributed by atoms with E-state index in [1.54, 1.807) is 19.1 Å². The number of alkyl halides is 3. The summed E-state index contributed by atoms with van der Waals surface area (Å²) in [7, 11) is -3.85. The van der Waals surface area contributed by atoms with E-state index in [0.717, 1.165) is 29.8 Å². The summed E-state index contributed by atoms with van der Waals surface area (Å²) in [6.45, 7) is 3.45. The van der Waals surface area contributed by atoms with Crippen LogP contribution in [-0.2, 0) is 20.8 Å². The third kappa shape index (κ3) is 4.82. The number of carbonyl (C=O) groups is 1. The van der Waals surface area contributed by atoms with Gasteiger partial charge >= 0.3 is 6.18 Å². The molecule has 2 rings (SSSR count). The minimum absolute atomic E-state index is 0.0562. The van der Waals surface area contributed by atoms with Crippen LogP contribution in [0, 0.1) is 13.8 Å². The van der Waals surface area contributed by atoms with E-state index in [0.29, 0.717) is 5.56 Å². The zero-order valence-electron chi connectivity index (χ0n) is 13.5. The van der Waals surface area contributed by atoms with Gasteiger partial charge in [-0.15, -0.1) is 0 Å². The highest BCUT2D eigenvalue weighted by Gasteiger charge is 2.30. The van der Waals surface area contributed by atoms with Crippen molar-refractivity contribution in [1.82, 2.24) is 0 Å². The van der Waals surface area contributed by atoms with Crippen LogP contribution in [0.25, 0.3) is 0 Å². The smallest absolute Gasteiger partial charge is 0.325 e. The van der Waals surface area contributed by atoms with Crippen molar-refractivity contribution in [3.8, 4) is 0 Å². The summed E-state index contributed by atoms with van der Waals surface area (Å²) < 4.78 is 62.2. The Morgan fingerprint density at radius 2 is 1.64 bits per heavy atom. The SMILES string of the molecule is Cc1ccc(S(=O)(=O)CC(=O)Nc2ccc(C(F)(F)F)cc2)c(C)c1. The van der Waals surface area contributed by atoms with E-state index in [1.807, 2.05) is 6.92 Å². The Labute approximate surface area is 143 Å². The van der Waals surface area contributed by atoms with Crippen LogP contribution in [0.15, 0.2) is 47.4 Å². The molecule has 1 amide bonds. The molecule has 0 unspecified atom stereocenters. The lowest BCUT2D eigenvalue weighted by molar-refractivity contribution is -0.137. The van der Waals surface area contributed by atoms with Gasteiger partial charge in [0.1, 0.15) is 5.75 Å². The molecule has 8 heteroatoms. The fraction of sp³-hybridized carbons (Fsp3) is 0.235. The predicted molar refractivity (Wildman–Crippen MR) is 88.0 cm³/mol. The lowest BCUT2D eigenvalue weighted by atomic mass is 10.2. The van der Waals surface area contributed by atoms with Crippen molar-refractivity contribution in [3.05, 3.63) is 59.2 Å². The van der Waals surface area contributed by atoms with Crippen LogP contribution in [0.1, 0.15) is 16.7 Å². The molecule has 0 atom stereocenters. The van der Waals surface area contributed by atoms with Crippen LogP contribution in [0.3, 0.4) is 0 Å². The molecule has 25 heavy (non-hydrogen) atoms. The van der Waals surface area contributed by atoms with Crippen molar-refractivity contribution in [2.24, 2.45) is 0 Å². The molecule has 0 aromatic heterocycles. The van der Waals surface area contributed by atoms with Crippen molar-refractivity contribution in [1.29, 1.82) is 0 Å². The number of rotatable bonds is 4. The summed E-state index contributed by atoms with van der Waals surface area (Å²) >= 11 is 0. The molecule has 0 saturated carbocycles. The third-order valence-corrected chi connectivity index (χ3v) is 5.25. The number of hydrogen-bond donors (Lipinski definition) is 1. The molecule has 4 nitrogen and oxygen atoms in total. The molecule has 2 aromatic carbocycles. The monoisotopic (exact) mass is 371 g/mol. The molecule has 0 aliphatic rings. The Morgan fingerprint density at radius 3 is 2.16 bits per heavy atom. The van der Waals surface area contributed by atoms with Gasteiger partial charge in [-0.05, 0) is 49.7 Å². The van der Waals surface area contributed by atoms with Crippen molar-refractivity contribution < 1.29 is 26.4 Å². The quantitative estimate of drug-likeness (QED) is 0.891. The van der Waals surface area contributed by atoms with E-state index >= 15 is 0 Å². The van der Waals surface area contributed by atoms with Crippen molar-refractivity contribution >= 4 is 21.4 Å². The van der Waals surface area contributed by atoms with Crippen LogP contribution in [0.2, 0.25) is 0 Å². The number of amides is 1. The number of sulfone groups is 1. The summed E-state index contributed by atoms with van der Waals surface area (Å²) in [5.74, 6) is -1.61. The Kier molecular flexibility index (Phi) is 5.22. The molecule has 1 N–H and O–H groups in total. The predicted octanol–water partition coefficient (Wildman–Crippen LogP) is 3.73. The highest BCUT2D eigenvalue weighted by molar-refractivity contribution is 7.92. The summed E-state index contributed by atoms with van der Waals surface area (Å²) in [6, 6.07) is 8.54. The van der Waals surface area contributed by atoms with Gasteiger partial charge in [0.15, 0.2) is 9.84 Å². The first-order chi connectivity index (χ1) is 11.5. The lowest BCUT2D eigenvalue weighted by Gasteiger charge is -2.10. The first kappa shape index (κ1) is 19.0. The van der Waals surface area contributed by atoms with Gasteiger partial charge in [0.2, 0.25) is 5.91 Å². The maximum Gasteiger partial charge on any atom is 0.416 e. The number of nitrogens with one attached hydrogen (secondary N) is 1. The summed E-state index contributed by atoms with van der Waals surface area (Å²) in [5.41, 5.74) is 0.662. The second-order valence-corrected chi connectivity index (χ2v) is 7.61. The molecule has 0 radical (unpaired) electrons. The minimum atomic E-state index is -4.48. The number of halogens is 3. The molecule has 0 bridgehead atoms. The van der Waals surface area contributed by atoms with Gasteiger partial charge in [-0.2, -0.15) is 13.2 Å². The Hall–Kier alpha value is -2.35. The highest BCUT2D eigenvalue weighted by Crippen LogP contribution is 2.29. The fourth-order valence-corrected chi connectivity index (χ4v) is 3.74. The summed E-state index contributed by atoms with van der Waals surface area (Å²) in [4.78, 5) is 12.0. The van der Waals surface area contributed by atoms with Crippen LogP contribution in [0.5, 0.6) is 0 Å².